The monoisotopic (exact) mass is 659 g/mol. The van der Waals surface area contributed by atoms with E-state index in [-0.39, 0.29) is 17.9 Å². The number of nitrogens with one attached hydrogen (secondary N) is 2. The SMILES string of the molecule is C[C@H](CO[C@@](C)(Cn1ccc2cc(F)ccc21)C(=O)Nc1ccc(C#N)c(C(F)(F)F)c1)C(=O)Nc1ccc(C#N)c(C(F)(F)F)c1. The molecule has 1 heterocycles. The number of hydrogen-bond acceptors (Lipinski definition) is 5. The number of halogens is 7. The summed E-state index contributed by atoms with van der Waals surface area (Å²) in [4.78, 5) is 26.6. The number of fused-ring (bicyclic) bond motifs is 1. The van der Waals surface area contributed by atoms with Crippen molar-refractivity contribution in [3.05, 3.63) is 94.9 Å². The van der Waals surface area contributed by atoms with Crippen molar-refractivity contribution in [3.8, 4) is 12.1 Å². The van der Waals surface area contributed by atoms with Crippen molar-refractivity contribution < 1.29 is 45.1 Å². The predicted octanol–water partition coefficient (Wildman–Crippen LogP) is 7.25. The first-order chi connectivity index (χ1) is 21.9. The van der Waals surface area contributed by atoms with Crippen LogP contribution in [0.5, 0.6) is 0 Å². The van der Waals surface area contributed by atoms with Gasteiger partial charge in [-0.15, -0.1) is 0 Å². The van der Waals surface area contributed by atoms with E-state index in [1.165, 1.54) is 54.9 Å². The van der Waals surface area contributed by atoms with E-state index in [0.717, 1.165) is 24.3 Å². The van der Waals surface area contributed by atoms with E-state index in [4.69, 9.17) is 15.3 Å². The van der Waals surface area contributed by atoms with E-state index < -0.39 is 70.4 Å². The fourth-order valence-corrected chi connectivity index (χ4v) is 4.64. The van der Waals surface area contributed by atoms with Gasteiger partial charge in [0.25, 0.3) is 5.91 Å². The number of amides is 2. The van der Waals surface area contributed by atoms with E-state index in [1.54, 1.807) is 6.07 Å². The highest BCUT2D eigenvalue weighted by molar-refractivity contribution is 5.97. The smallest absolute Gasteiger partial charge is 0.363 e. The maximum atomic E-state index is 13.8. The summed E-state index contributed by atoms with van der Waals surface area (Å²) >= 11 is 0. The molecule has 4 rings (SSSR count). The summed E-state index contributed by atoms with van der Waals surface area (Å²) in [6, 6.07) is 13.5. The number of nitriles is 2. The standard InChI is InChI=1S/C32H24F7N5O3/c1-18(28(45)42-23-6-3-20(14-40)25(12-23)31(34,35)36)16-47-30(2,17-44-10-9-19-11-22(33)5-8-27(19)44)29(46)43-24-7-4-21(15-41)26(13-24)32(37,38)39/h3-13,18H,16-17H2,1-2H3,(H,42,45)(H,43,46)/t18-,30+/m1/s1. The van der Waals surface area contributed by atoms with Crippen LogP contribution in [0.25, 0.3) is 10.9 Å². The summed E-state index contributed by atoms with van der Waals surface area (Å²) in [5.41, 5.74) is -5.79. The molecule has 15 heteroatoms. The summed E-state index contributed by atoms with van der Waals surface area (Å²) < 4.78 is 102. The summed E-state index contributed by atoms with van der Waals surface area (Å²) in [6.07, 6.45) is -8.23. The first kappa shape index (κ1) is 34.5. The average molecular weight is 660 g/mol. The van der Waals surface area contributed by atoms with Crippen molar-refractivity contribution in [1.29, 1.82) is 10.5 Å². The Morgan fingerprint density at radius 3 is 1.94 bits per heavy atom. The van der Waals surface area contributed by atoms with Crippen molar-refractivity contribution >= 4 is 34.1 Å². The number of carbonyl (C=O) groups excluding carboxylic acids is 2. The number of anilines is 2. The minimum absolute atomic E-state index is 0.249. The molecule has 0 saturated heterocycles. The first-order valence-corrected chi connectivity index (χ1v) is 13.7. The van der Waals surface area contributed by atoms with Crippen LogP contribution >= 0.6 is 0 Å². The zero-order valence-corrected chi connectivity index (χ0v) is 24.6. The lowest BCUT2D eigenvalue weighted by Crippen LogP contribution is -2.47. The van der Waals surface area contributed by atoms with Gasteiger partial charge in [-0.3, -0.25) is 9.59 Å². The molecule has 0 saturated carbocycles. The Bertz CT molecular complexity index is 1920. The zero-order chi connectivity index (χ0) is 34.7. The molecule has 0 aliphatic heterocycles. The van der Waals surface area contributed by atoms with Gasteiger partial charge in [-0.25, -0.2) is 4.39 Å². The zero-order valence-electron chi connectivity index (χ0n) is 24.6. The third-order valence-corrected chi connectivity index (χ3v) is 7.20. The highest BCUT2D eigenvalue weighted by Crippen LogP contribution is 2.35. The van der Waals surface area contributed by atoms with Gasteiger partial charge in [-0.1, -0.05) is 6.92 Å². The van der Waals surface area contributed by atoms with Gasteiger partial charge in [-0.2, -0.15) is 36.9 Å². The molecule has 0 spiro atoms. The normalized spacial score (nSPS) is 13.7. The Morgan fingerprint density at radius 2 is 1.40 bits per heavy atom. The summed E-state index contributed by atoms with van der Waals surface area (Å²) in [5, 5.41) is 23.2. The lowest BCUT2D eigenvalue weighted by Gasteiger charge is -2.31. The van der Waals surface area contributed by atoms with Crippen LogP contribution in [0.3, 0.4) is 0 Å². The molecule has 47 heavy (non-hydrogen) atoms. The fourth-order valence-electron chi connectivity index (χ4n) is 4.64. The Morgan fingerprint density at radius 1 is 0.851 bits per heavy atom. The summed E-state index contributed by atoms with van der Waals surface area (Å²) in [5.74, 6) is -3.32. The molecule has 8 nitrogen and oxygen atoms in total. The Kier molecular flexibility index (Phi) is 9.63. The van der Waals surface area contributed by atoms with E-state index in [1.807, 2.05) is 0 Å². The fraction of sp³-hybridized carbons (Fsp3) is 0.250. The highest BCUT2D eigenvalue weighted by Gasteiger charge is 2.38. The molecule has 0 bridgehead atoms. The van der Waals surface area contributed by atoms with Gasteiger partial charge in [0.15, 0.2) is 5.60 Å². The molecule has 0 aliphatic carbocycles. The van der Waals surface area contributed by atoms with Gasteiger partial charge in [0, 0.05) is 28.5 Å². The first-order valence-electron chi connectivity index (χ1n) is 13.7. The molecule has 2 atom stereocenters. The number of alkyl halides is 6. The van der Waals surface area contributed by atoms with Crippen LogP contribution < -0.4 is 10.6 Å². The van der Waals surface area contributed by atoms with Crippen LogP contribution in [-0.2, 0) is 33.2 Å². The number of benzene rings is 3. The number of hydrogen-bond donors (Lipinski definition) is 2. The van der Waals surface area contributed by atoms with E-state index >= 15 is 0 Å². The summed E-state index contributed by atoms with van der Waals surface area (Å²) in [7, 11) is 0. The second-order valence-electron chi connectivity index (χ2n) is 10.8. The molecule has 2 N–H and O–H groups in total. The summed E-state index contributed by atoms with van der Waals surface area (Å²) in [6.45, 7) is 1.93. The minimum atomic E-state index is -4.90. The largest absolute Gasteiger partial charge is 0.417 e. The second kappa shape index (κ2) is 13.1. The van der Waals surface area contributed by atoms with E-state index in [9.17, 15) is 40.3 Å². The van der Waals surface area contributed by atoms with Gasteiger partial charge in [0.1, 0.15) is 5.82 Å². The lowest BCUT2D eigenvalue weighted by molar-refractivity contribution is -0.145. The van der Waals surface area contributed by atoms with Gasteiger partial charge >= 0.3 is 12.4 Å². The van der Waals surface area contributed by atoms with Crippen LogP contribution in [0.2, 0.25) is 0 Å². The highest BCUT2D eigenvalue weighted by atomic mass is 19.4. The van der Waals surface area contributed by atoms with Gasteiger partial charge < -0.3 is 19.9 Å². The van der Waals surface area contributed by atoms with Crippen molar-refractivity contribution in [2.45, 2.75) is 38.3 Å². The molecule has 4 aromatic rings. The maximum absolute atomic E-state index is 13.8. The maximum Gasteiger partial charge on any atom is 0.417 e. The molecule has 0 unspecified atom stereocenters. The molecule has 0 fully saturated rings. The lowest BCUT2D eigenvalue weighted by atomic mass is 10.0. The number of ether oxygens (including phenoxy) is 1. The van der Waals surface area contributed by atoms with Crippen molar-refractivity contribution in [2.75, 3.05) is 17.2 Å². The molecule has 0 aliphatic rings. The second-order valence-corrected chi connectivity index (χ2v) is 10.8. The quantitative estimate of drug-likeness (QED) is 0.184. The Balaban J connectivity index is 1.59. The predicted molar refractivity (Wildman–Crippen MR) is 155 cm³/mol. The number of rotatable bonds is 9. The van der Waals surface area contributed by atoms with Crippen LogP contribution in [0.15, 0.2) is 66.9 Å². The molecular formula is C32H24F7N5O3. The average Bonchev–Trinajstić information content (AvgIpc) is 3.39. The van der Waals surface area contributed by atoms with Crippen LogP contribution in [-0.4, -0.2) is 28.6 Å². The molecule has 0 radical (unpaired) electrons. The topological polar surface area (TPSA) is 120 Å². The van der Waals surface area contributed by atoms with Crippen LogP contribution in [0.1, 0.15) is 36.1 Å². The van der Waals surface area contributed by atoms with Gasteiger partial charge in [-0.05, 0) is 67.6 Å². The molecular weight excluding hydrogens is 635 g/mol. The number of nitrogens with zero attached hydrogens (tertiary/aromatic N) is 3. The molecule has 244 valence electrons. The minimum Gasteiger partial charge on any atom is -0.363 e. The molecule has 2 amide bonds. The van der Waals surface area contributed by atoms with Crippen LogP contribution in [0, 0.1) is 34.4 Å². The van der Waals surface area contributed by atoms with Crippen molar-refractivity contribution in [3.63, 3.8) is 0 Å². The van der Waals surface area contributed by atoms with Crippen molar-refractivity contribution in [1.82, 2.24) is 4.57 Å². The molecule has 1 aromatic heterocycles. The van der Waals surface area contributed by atoms with Gasteiger partial charge in [0.2, 0.25) is 5.91 Å². The van der Waals surface area contributed by atoms with Crippen molar-refractivity contribution in [2.24, 2.45) is 5.92 Å². The molecule has 3 aromatic carbocycles. The third-order valence-electron chi connectivity index (χ3n) is 7.20. The van der Waals surface area contributed by atoms with E-state index in [0.29, 0.717) is 23.0 Å². The third kappa shape index (κ3) is 7.88. The van der Waals surface area contributed by atoms with Gasteiger partial charge in [0.05, 0.1) is 53.5 Å². The van der Waals surface area contributed by atoms with E-state index in [2.05, 4.69) is 10.6 Å². The van der Waals surface area contributed by atoms with Crippen LogP contribution in [0.4, 0.5) is 42.1 Å². The Hall–Kier alpha value is -5.41. The number of aromatic nitrogens is 1. The Labute approximate surface area is 263 Å². The number of carbonyl (C=O) groups is 2.